The second-order valence-electron chi connectivity index (χ2n) is 4.59. The number of nitrogen functional groups attached to an aromatic ring is 1. The average Bonchev–Trinajstić information content (AvgIpc) is 2.64. The Morgan fingerprint density at radius 2 is 2.40 bits per heavy atom. The number of terminal acetylenes is 1. The van der Waals surface area contributed by atoms with E-state index in [0.29, 0.717) is 0 Å². The fraction of sp³-hybridized carbons (Fsp3) is 0.500. The molecule has 0 spiro atoms. The van der Waals surface area contributed by atoms with Crippen molar-refractivity contribution in [3.05, 3.63) is 22.7 Å². The van der Waals surface area contributed by atoms with Gasteiger partial charge in [0.2, 0.25) is 5.67 Å². The van der Waals surface area contributed by atoms with Gasteiger partial charge in [-0.3, -0.25) is 4.57 Å². The van der Waals surface area contributed by atoms with E-state index in [4.69, 9.17) is 16.9 Å². The highest BCUT2D eigenvalue weighted by Gasteiger charge is 2.58. The van der Waals surface area contributed by atoms with Gasteiger partial charge in [0.05, 0.1) is 6.10 Å². The van der Waals surface area contributed by atoms with E-state index < -0.39 is 35.9 Å². The van der Waals surface area contributed by atoms with Crippen LogP contribution in [-0.2, 0) is 4.74 Å². The number of nitrogens with zero attached hydrogens (tertiary/aromatic N) is 2. The molecule has 0 amide bonds. The zero-order valence-electron chi connectivity index (χ0n) is 10.6. The first-order valence-electron chi connectivity index (χ1n) is 5.84. The summed E-state index contributed by atoms with van der Waals surface area (Å²) < 4.78 is 20.7. The molecule has 7 nitrogen and oxygen atoms in total. The van der Waals surface area contributed by atoms with Crippen LogP contribution in [0.3, 0.4) is 0 Å². The van der Waals surface area contributed by atoms with Crippen molar-refractivity contribution < 1.29 is 19.3 Å². The van der Waals surface area contributed by atoms with Gasteiger partial charge in [-0.1, -0.05) is 5.92 Å². The van der Waals surface area contributed by atoms with Crippen molar-refractivity contribution in [2.24, 2.45) is 0 Å². The normalized spacial score (nSPS) is 34.6. The molecular weight excluding hydrogens is 269 g/mol. The van der Waals surface area contributed by atoms with E-state index >= 15 is 0 Å². The maximum atomic E-state index is 14.7. The number of rotatable bonds is 2. The summed E-state index contributed by atoms with van der Waals surface area (Å²) in [6.45, 7) is 1.32. The highest BCUT2D eigenvalue weighted by molar-refractivity contribution is 5.25. The molecule has 1 saturated heterocycles. The third-order valence-corrected chi connectivity index (χ3v) is 3.19. The first kappa shape index (κ1) is 14.5. The molecule has 5 atom stereocenters. The molecule has 1 aromatic rings. The topological polar surface area (TPSA) is 111 Å². The molecule has 20 heavy (non-hydrogen) atoms. The van der Waals surface area contributed by atoms with Crippen LogP contribution in [0.4, 0.5) is 10.2 Å². The van der Waals surface area contributed by atoms with Gasteiger partial charge in [-0.15, -0.1) is 6.42 Å². The standard InChI is InChI=1S/C12H14FN3O4/c1-3-12(13)9(18)8(6(2)17)20-10(12)16-5-4-7(14)15-11(16)19/h1,4-6,8-10,17-18H,2H3,(H2,14,15,19)/t6-,8-,9+,10-,12?/m1/s1. The van der Waals surface area contributed by atoms with Gasteiger partial charge in [0, 0.05) is 6.20 Å². The minimum atomic E-state index is -2.66. The van der Waals surface area contributed by atoms with Gasteiger partial charge < -0.3 is 20.7 Å². The molecule has 1 aliphatic heterocycles. The molecule has 0 bridgehead atoms. The molecule has 4 N–H and O–H groups in total. The predicted molar refractivity (Wildman–Crippen MR) is 67.2 cm³/mol. The Balaban J connectivity index is 2.50. The number of hydrogen-bond donors (Lipinski definition) is 3. The van der Waals surface area contributed by atoms with Gasteiger partial charge in [0.15, 0.2) is 6.23 Å². The molecule has 2 heterocycles. The molecule has 0 radical (unpaired) electrons. The lowest BCUT2D eigenvalue weighted by Crippen LogP contribution is -2.45. The van der Waals surface area contributed by atoms with Crippen molar-refractivity contribution in [2.45, 2.75) is 37.1 Å². The fourth-order valence-corrected chi connectivity index (χ4v) is 2.11. The zero-order valence-corrected chi connectivity index (χ0v) is 10.6. The third kappa shape index (κ3) is 2.06. The van der Waals surface area contributed by atoms with E-state index in [-0.39, 0.29) is 5.82 Å². The SMILES string of the molecule is C#CC1(F)[C@@H](O)[C@@H]([C@@H](C)O)O[C@H]1n1ccc(N)nc1=O. The molecule has 0 aromatic carbocycles. The van der Waals surface area contributed by atoms with Gasteiger partial charge in [-0.2, -0.15) is 4.98 Å². The number of anilines is 1. The van der Waals surface area contributed by atoms with Crippen LogP contribution in [0.5, 0.6) is 0 Å². The fourth-order valence-electron chi connectivity index (χ4n) is 2.11. The zero-order chi connectivity index (χ0) is 15.1. The summed E-state index contributed by atoms with van der Waals surface area (Å²) in [5, 5.41) is 19.4. The van der Waals surface area contributed by atoms with Gasteiger partial charge in [0.25, 0.3) is 0 Å². The van der Waals surface area contributed by atoms with Crippen LogP contribution in [0.1, 0.15) is 13.2 Å². The maximum absolute atomic E-state index is 14.7. The first-order valence-corrected chi connectivity index (χ1v) is 5.84. The average molecular weight is 283 g/mol. The quantitative estimate of drug-likeness (QED) is 0.588. The Kier molecular flexibility index (Phi) is 3.52. The summed E-state index contributed by atoms with van der Waals surface area (Å²) in [4.78, 5) is 15.2. The van der Waals surface area contributed by atoms with E-state index in [2.05, 4.69) is 4.98 Å². The number of aliphatic hydroxyl groups excluding tert-OH is 2. The molecule has 1 aliphatic rings. The first-order chi connectivity index (χ1) is 9.31. The molecule has 1 unspecified atom stereocenters. The minimum Gasteiger partial charge on any atom is -0.391 e. The van der Waals surface area contributed by atoms with Crippen molar-refractivity contribution in [3.8, 4) is 12.3 Å². The highest BCUT2D eigenvalue weighted by Crippen LogP contribution is 2.41. The lowest BCUT2D eigenvalue weighted by Gasteiger charge is -2.23. The Bertz CT molecular complexity index is 611. The number of halogens is 1. The van der Waals surface area contributed by atoms with Gasteiger partial charge in [-0.05, 0) is 13.0 Å². The Morgan fingerprint density at radius 1 is 1.75 bits per heavy atom. The van der Waals surface area contributed by atoms with Crippen molar-refractivity contribution in [2.75, 3.05) is 5.73 Å². The van der Waals surface area contributed by atoms with Crippen molar-refractivity contribution in [3.63, 3.8) is 0 Å². The number of aliphatic hydroxyl groups is 2. The lowest BCUT2D eigenvalue weighted by atomic mass is 9.95. The molecule has 108 valence electrons. The Morgan fingerprint density at radius 3 is 2.90 bits per heavy atom. The smallest absolute Gasteiger partial charge is 0.351 e. The van der Waals surface area contributed by atoms with Crippen LogP contribution >= 0.6 is 0 Å². The number of alkyl halides is 1. The van der Waals surface area contributed by atoms with E-state index in [1.54, 1.807) is 5.92 Å². The van der Waals surface area contributed by atoms with Crippen LogP contribution in [0.25, 0.3) is 0 Å². The van der Waals surface area contributed by atoms with Crippen LogP contribution in [-0.4, -0.2) is 43.7 Å². The minimum absolute atomic E-state index is 0.0398. The number of ether oxygens (including phenoxy) is 1. The monoisotopic (exact) mass is 283 g/mol. The molecule has 2 rings (SSSR count). The summed E-state index contributed by atoms with van der Waals surface area (Å²) in [6, 6.07) is 1.27. The number of nitrogens with two attached hydrogens (primary N) is 1. The summed E-state index contributed by atoms with van der Waals surface area (Å²) in [7, 11) is 0. The lowest BCUT2D eigenvalue weighted by molar-refractivity contribution is -0.0802. The van der Waals surface area contributed by atoms with Crippen molar-refractivity contribution in [1.82, 2.24) is 9.55 Å². The predicted octanol–water partition coefficient (Wildman–Crippen LogP) is -1.19. The van der Waals surface area contributed by atoms with Crippen LogP contribution in [0.15, 0.2) is 17.1 Å². The van der Waals surface area contributed by atoms with E-state index in [1.807, 2.05) is 0 Å². The van der Waals surface area contributed by atoms with Gasteiger partial charge >= 0.3 is 5.69 Å². The molecular formula is C12H14FN3O4. The van der Waals surface area contributed by atoms with Crippen molar-refractivity contribution in [1.29, 1.82) is 0 Å². The molecule has 1 fully saturated rings. The van der Waals surface area contributed by atoms with Crippen LogP contribution in [0, 0.1) is 12.3 Å². The van der Waals surface area contributed by atoms with Gasteiger partial charge in [0.1, 0.15) is 18.0 Å². The second kappa shape index (κ2) is 4.86. The Labute approximate surface area is 113 Å². The van der Waals surface area contributed by atoms with Crippen molar-refractivity contribution >= 4 is 5.82 Å². The molecule has 8 heteroatoms. The van der Waals surface area contributed by atoms with E-state index in [0.717, 1.165) is 10.8 Å². The number of aromatic nitrogens is 2. The summed E-state index contributed by atoms with van der Waals surface area (Å²) in [5.74, 6) is 1.75. The molecule has 1 aromatic heterocycles. The van der Waals surface area contributed by atoms with E-state index in [1.165, 1.54) is 13.0 Å². The molecule has 0 aliphatic carbocycles. The summed E-state index contributed by atoms with van der Waals surface area (Å²) in [5.41, 5.74) is 1.81. The summed E-state index contributed by atoms with van der Waals surface area (Å²) >= 11 is 0. The largest absolute Gasteiger partial charge is 0.391 e. The second-order valence-corrected chi connectivity index (χ2v) is 4.59. The summed E-state index contributed by atoms with van der Waals surface area (Å²) in [6.07, 6.45) is 0.486. The third-order valence-electron chi connectivity index (χ3n) is 3.19. The maximum Gasteiger partial charge on any atom is 0.351 e. The van der Waals surface area contributed by atoms with Crippen LogP contribution in [0.2, 0.25) is 0 Å². The highest BCUT2D eigenvalue weighted by atomic mass is 19.1. The Hall–Kier alpha value is -1.95. The van der Waals surface area contributed by atoms with Crippen LogP contribution < -0.4 is 11.4 Å². The number of hydrogen-bond acceptors (Lipinski definition) is 6. The van der Waals surface area contributed by atoms with E-state index in [9.17, 15) is 19.4 Å². The van der Waals surface area contributed by atoms with Gasteiger partial charge in [-0.25, -0.2) is 9.18 Å². The molecule has 0 saturated carbocycles.